The van der Waals surface area contributed by atoms with Gasteiger partial charge in [-0.2, -0.15) is 0 Å². The third-order valence-electron chi connectivity index (χ3n) is 3.98. The Morgan fingerprint density at radius 2 is 1.72 bits per heavy atom. The van der Waals surface area contributed by atoms with E-state index in [4.69, 9.17) is 5.73 Å². The highest BCUT2D eigenvalue weighted by Crippen LogP contribution is 2.28. The third kappa shape index (κ3) is 6.19. The summed E-state index contributed by atoms with van der Waals surface area (Å²) in [7, 11) is 0. The van der Waals surface area contributed by atoms with Crippen LogP contribution in [0.5, 0.6) is 0 Å². The van der Waals surface area contributed by atoms with Crippen molar-refractivity contribution in [3.05, 3.63) is 0 Å². The summed E-state index contributed by atoms with van der Waals surface area (Å²) < 4.78 is 0. The van der Waals surface area contributed by atoms with Crippen LogP contribution in [0.25, 0.3) is 0 Å². The Morgan fingerprint density at radius 1 is 1.11 bits per heavy atom. The lowest BCUT2D eigenvalue weighted by atomic mass is 9.86. The summed E-state index contributed by atoms with van der Waals surface area (Å²) in [5, 5.41) is 0. The second-order valence-electron chi connectivity index (χ2n) is 6.44. The predicted octanol–water partition coefficient (Wildman–Crippen LogP) is 4.04. The fraction of sp³-hybridized carbons (Fsp3) is 1.00. The molecule has 0 saturated heterocycles. The molecule has 0 aromatic carbocycles. The van der Waals surface area contributed by atoms with E-state index in [1.807, 2.05) is 0 Å². The van der Waals surface area contributed by atoms with Gasteiger partial charge in [-0.25, -0.2) is 0 Å². The minimum absolute atomic E-state index is 0.315. The Morgan fingerprint density at radius 3 is 2.11 bits per heavy atom. The van der Waals surface area contributed by atoms with Gasteiger partial charge in [-0.05, 0) is 45.1 Å². The molecule has 2 heteroatoms. The largest absolute Gasteiger partial charge is 0.327 e. The molecule has 2 N–H and O–H groups in total. The maximum Gasteiger partial charge on any atom is 0.0181 e. The molecule has 2 atom stereocenters. The van der Waals surface area contributed by atoms with Gasteiger partial charge in [-0.3, -0.25) is 4.90 Å². The van der Waals surface area contributed by atoms with Gasteiger partial charge < -0.3 is 5.73 Å². The van der Waals surface area contributed by atoms with Gasteiger partial charge in [0, 0.05) is 18.1 Å². The van der Waals surface area contributed by atoms with Crippen LogP contribution in [0.3, 0.4) is 0 Å². The molecule has 18 heavy (non-hydrogen) atoms. The Balaban J connectivity index is 4.70. The summed E-state index contributed by atoms with van der Waals surface area (Å²) in [4.78, 5) is 2.65. The highest BCUT2D eigenvalue weighted by Gasteiger charge is 2.30. The first-order valence-electron chi connectivity index (χ1n) is 7.90. The summed E-state index contributed by atoms with van der Waals surface area (Å²) in [6.07, 6.45) is 6.02. The molecule has 0 aromatic heterocycles. The van der Waals surface area contributed by atoms with Crippen LogP contribution in [0.1, 0.15) is 73.6 Å². The number of hydrogen-bond donors (Lipinski definition) is 1. The zero-order valence-corrected chi connectivity index (χ0v) is 13.6. The molecule has 0 heterocycles. The number of hydrogen-bond acceptors (Lipinski definition) is 2. The second kappa shape index (κ2) is 8.92. The Kier molecular flexibility index (Phi) is 8.89. The van der Waals surface area contributed by atoms with Crippen molar-refractivity contribution >= 4 is 0 Å². The lowest BCUT2D eigenvalue weighted by Crippen LogP contribution is -2.51. The van der Waals surface area contributed by atoms with Crippen molar-refractivity contribution in [3.8, 4) is 0 Å². The van der Waals surface area contributed by atoms with Gasteiger partial charge in [-0.1, -0.05) is 41.0 Å². The Hall–Kier alpha value is -0.0800. The van der Waals surface area contributed by atoms with E-state index in [-0.39, 0.29) is 0 Å². The number of rotatable bonds is 10. The van der Waals surface area contributed by atoms with Gasteiger partial charge >= 0.3 is 0 Å². The lowest BCUT2D eigenvalue weighted by Gasteiger charge is -2.43. The zero-order chi connectivity index (χ0) is 14.2. The standard InChI is InChI=1S/C16H36N2/c1-7-10-15(17)13-18(11-8-2)16(6,9-3)12-14(4)5/h14-15H,7-13,17H2,1-6H3. The molecule has 0 aliphatic carbocycles. The first-order valence-corrected chi connectivity index (χ1v) is 7.90. The van der Waals surface area contributed by atoms with Crippen molar-refractivity contribution in [1.29, 1.82) is 0 Å². The molecule has 2 unspecified atom stereocenters. The van der Waals surface area contributed by atoms with Gasteiger partial charge in [-0.15, -0.1) is 0 Å². The van der Waals surface area contributed by atoms with Crippen LogP contribution in [0.15, 0.2) is 0 Å². The molecular weight excluding hydrogens is 220 g/mol. The van der Waals surface area contributed by atoms with Crippen molar-refractivity contribution in [2.24, 2.45) is 11.7 Å². The Labute approximate surface area is 115 Å². The predicted molar refractivity (Wildman–Crippen MR) is 82.9 cm³/mol. The van der Waals surface area contributed by atoms with Crippen molar-refractivity contribution in [3.63, 3.8) is 0 Å². The summed E-state index contributed by atoms with van der Waals surface area (Å²) in [5.41, 5.74) is 6.57. The minimum Gasteiger partial charge on any atom is -0.327 e. The summed E-state index contributed by atoms with van der Waals surface area (Å²) in [6, 6.07) is 0.333. The number of nitrogens with zero attached hydrogens (tertiary/aromatic N) is 1. The van der Waals surface area contributed by atoms with Crippen LogP contribution in [-0.4, -0.2) is 29.6 Å². The molecule has 0 fully saturated rings. The van der Waals surface area contributed by atoms with Crippen LogP contribution in [-0.2, 0) is 0 Å². The summed E-state index contributed by atoms with van der Waals surface area (Å²) in [5.74, 6) is 0.747. The first-order chi connectivity index (χ1) is 8.39. The van der Waals surface area contributed by atoms with E-state index >= 15 is 0 Å². The summed E-state index contributed by atoms with van der Waals surface area (Å²) >= 11 is 0. The van der Waals surface area contributed by atoms with Crippen LogP contribution in [0.2, 0.25) is 0 Å². The minimum atomic E-state index is 0.315. The number of nitrogens with two attached hydrogens (primary N) is 1. The smallest absolute Gasteiger partial charge is 0.0181 e. The topological polar surface area (TPSA) is 29.3 Å². The first kappa shape index (κ1) is 17.9. The van der Waals surface area contributed by atoms with Gasteiger partial charge in [0.2, 0.25) is 0 Å². The molecule has 0 spiro atoms. The highest BCUT2D eigenvalue weighted by molar-refractivity contribution is 4.87. The van der Waals surface area contributed by atoms with Gasteiger partial charge in [0.05, 0.1) is 0 Å². The van der Waals surface area contributed by atoms with Gasteiger partial charge in [0.1, 0.15) is 0 Å². The normalized spacial score (nSPS) is 17.2. The molecule has 0 saturated carbocycles. The van der Waals surface area contributed by atoms with E-state index in [1.54, 1.807) is 0 Å². The molecule has 0 aliphatic rings. The second-order valence-corrected chi connectivity index (χ2v) is 6.44. The van der Waals surface area contributed by atoms with E-state index in [0.717, 1.165) is 18.9 Å². The van der Waals surface area contributed by atoms with E-state index in [0.29, 0.717) is 11.6 Å². The van der Waals surface area contributed by atoms with Crippen molar-refractivity contribution in [2.75, 3.05) is 13.1 Å². The molecule has 0 aliphatic heterocycles. The molecule has 0 rings (SSSR count). The average molecular weight is 256 g/mol. The van der Waals surface area contributed by atoms with Crippen molar-refractivity contribution in [1.82, 2.24) is 4.90 Å². The molecule has 0 amide bonds. The molecule has 0 radical (unpaired) electrons. The Bertz CT molecular complexity index is 203. The molecule has 0 aromatic rings. The molecule has 2 nitrogen and oxygen atoms in total. The van der Waals surface area contributed by atoms with Gasteiger partial charge in [0.15, 0.2) is 0 Å². The maximum atomic E-state index is 6.26. The van der Waals surface area contributed by atoms with E-state index in [9.17, 15) is 0 Å². The fourth-order valence-corrected chi connectivity index (χ4v) is 2.97. The SMILES string of the molecule is CCCC(N)CN(CCC)C(C)(CC)CC(C)C. The fourth-order valence-electron chi connectivity index (χ4n) is 2.97. The van der Waals surface area contributed by atoms with Crippen molar-refractivity contribution in [2.45, 2.75) is 85.2 Å². The van der Waals surface area contributed by atoms with E-state index in [1.165, 1.54) is 32.2 Å². The molecule has 0 bridgehead atoms. The third-order valence-corrected chi connectivity index (χ3v) is 3.98. The summed E-state index contributed by atoms with van der Waals surface area (Å²) in [6.45, 7) is 16.1. The van der Waals surface area contributed by atoms with Crippen molar-refractivity contribution < 1.29 is 0 Å². The monoisotopic (exact) mass is 256 g/mol. The van der Waals surface area contributed by atoms with Crippen LogP contribution in [0.4, 0.5) is 0 Å². The van der Waals surface area contributed by atoms with E-state index in [2.05, 4.69) is 46.4 Å². The maximum absolute atomic E-state index is 6.26. The van der Waals surface area contributed by atoms with Crippen LogP contribution >= 0.6 is 0 Å². The average Bonchev–Trinajstić information content (AvgIpc) is 2.27. The lowest BCUT2D eigenvalue weighted by molar-refractivity contribution is 0.0703. The molecule has 110 valence electrons. The highest BCUT2D eigenvalue weighted by atomic mass is 15.2. The van der Waals surface area contributed by atoms with E-state index < -0.39 is 0 Å². The van der Waals surface area contributed by atoms with Crippen LogP contribution in [0, 0.1) is 5.92 Å². The zero-order valence-electron chi connectivity index (χ0n) is 13.6. The molecular formula is C16H36N2. The van der Waals surface area contributed by atoms with Gasteiger partial charge in [0.25, 0.3) is 0 Å². The quantitative estimate of drug-likeness (QED) is 0.639. The van der Waals surface area contributed by atoms with Crippen LogP contribution < -0.4 is 5.73 Å².